The number of carbonyl (C=O) groups is 1. The summed E-state index contributed by atoms with van der Waals surface area (Å²) in [7, 11) is 0. The molecule has 0 saturated carbocycles. The second kappa shape index (κ2) is 16.3. The minimum atomic E-state index is -0.673. The third-order valence-corrected chi connectivity index (χ3v) is 5.44. The van der Waals surface area contributed by atoms with E-state index in [1.165, 1.54) is 70.6 Å². The maximum Gasteiger partial charge on any atom is 0.303 e. The minimum Gasteiger partial charge on any atom is -0.508 e. The Kier molecular flexibility index (Phi) is 14.1. The van der Waals surface area contributed by atoms with Crippen molar-refractivity contribution in [3.63, 3.8) is 0 Å². The summed E-state index contributed by atoms with van der Waals surface area (Å²) in [5.41, 5.74) is 0.683. The SMILES string of the molecule is O=C(O)CCCCCCCCCCCCCCCCCc1c(O)cccc1O. The molecule has 3 N–H and O–H groups in total. The predicted molar refractivity (Wildman–Crippen MR) is 115 cm³/mol. The van der Waals surface area contributed by atoms with Crippen molar-refractivity contribution in [2.24, 2.45) is 0 Å². The molecule has 0 aliphatic carbocycles. The third-order valence-electron chi connectivity index (χ3n) is 5.44. The zero-order valence-corrected chi connectivity index (χ0v) is 17.5. The van der Waals surface area contributed by atoms with Gasteiger partial charge in [-0.3, -0.25) is 4.79 Å². The van der Waals surface area contributed by atoms with Crippen molar-refractivity contribution in [2.45, 2.75) is 109 Å². The van der Waals surface area contributed by atoms with Crippen LogP contribution >= 0.6 is 0 Å². The highest BCUT2D eigenvalue weighted by Gasteiger charge is 2.05. The quantitative estimate of drug-likeness (QED) is 0.236. The Balaban J connectivity index is 1.79. The Morgan fingerprint density at radius 3 is 1.36 bits per heavy atom. The van der Waals surface area contributed by atoms with Gasteiger partial charge in [0.2, 0.25) is 0 Å². The summed E-state index contributed by atoms with van der Waals surface area (Å²) in [5.74, 6) is -0.260. The lowest BCUT2D eigenvalue weighted by Gasteiger charge is -2.07. The topological polar surface area (TPSA) is 77.8 Å². The minimum absolute atomic E-state index is 0.207. The lowest BCUT2D eigenvalue weighted by molar-refractivity contribution is -0.137. The van der Waals surface area contributed by atoms with E-state index in [4.69, 9.17) is 5.11 Å². The van der Waals surface area contributed by atoms with Crippen LogP contribution in [0.3, 0.4) is 0 Å². The third kappa shape index (κ3) is 12.6. The molecule has 0 saturated heterocycles. The average molecular weight is 393 g/mol. The van der Waals surface area contributed by atoms with E-state index in [1.807, 2.05) is 0 Å². The lowest BCUT2D eigenvalue weighted by Crippen LogP contribution is -1.93. The molecule has 0 heterocycles. The number of hydrogen-bond acceptors (Lipinski definition) is 3. The zero-order chi connectivity index (χ0) is 20.5. The van der Waals surface area contributed by atoms with Crippen LogP contribution < -0.4 is 0 Å². The van der Waals surface area contributed by atoms with Crippen molar-refractivity contribution in [1.82, 2.24) is 0 Å². The van der Waals surface area contributed by atoms with Crippen molar-refractivity contribution in [3.8, 4) is 11.5 Å². The Hall–Kier alpha value is -1.71. The summed E-state index contributed by atoms with van der Waals surface area (Å²) in [4.78, 5) is 10.4. The second-order valence-corrected chi connectivity index (χ2v) is 7.97. The van der Waals surface area contributed by atoms with Crippen LogP contribution in [-0.2, 0) is 11.2 Å². The molecule has 1 aromatic rings. The van der Waals surface area contributed by atoms with E-state index >= 15 is 0 Å². The largest absolute Gasteiger partial charge is 0.508 e. The fourth-order valence-electron chi connectivity index (χ4n) is 3.70. The maximum absolute atomic E-state index is 10.4. The molecular formula is C24H40O4. The summed E-state index contributed by atoms with van der Waals surface area (Å²) in [5, 5.41) is 28.1. The Bertz CT molecular complexity index is 507. The molecule has 0 bridgehead atoms. The highest BCUT2D eigenvalue weighted by atomic mass is 16.4. The highest BCUT2D eigenvalue weighted by molar-refractivity contribution is 5.66. The number of carboxylic acids is 1. The van der Waals surface area contributed by atoms with E-state index in [9.17, 15) is 15.0 Å². The van der Waals surface area contributed by atoms with Gasteiger partial charge in [0.15, 0.2) is 0 Å². The molecule has 28 heavy (non-hydrogen) atoms. The summed E-state index contributed by atoms with van der Waals surface area (Å²) < 4.78 is 0. The normalized spacial score (nSPS) is 11.0. The zero-order valence-electron chi connectivity index (χ0n) is 17.5. The van der Waals surface area contributed by atoms with Gasteiger partial charge in [-0.15, -0.1) is 0 Å². The molecule has 4 heteroatoms. The van der Waals surface area contributed by atoms with E-state index in [0.29, 0.717) is 12.0 Å². The molecule has 0 spiro atoms. The van der Waals surface area contributed by atoms with E-state index < -0.39 is 5.97 Å². The van der Waals surface area contributed by atoms with Crippen LogP contribution in [0.15, 0.2) is 18.2 Å². The predicted octanol–water partition coefficient (Wildman–Crippen LogP) is 6.97. The molecule has 0 aliphatic heterocycles. The van der Waals surface area contributed by atoms with E-state index in [1.54, 1.807) is 18.2 Å². The van der Waals surface area contributed by atoms with Crippen LogP contribution in [0.4, 0.5) is 0 Å². The van der Waals surface area contributed by atoms with Gasteiger partial charge in [-0.2, -0.15) is 0 Å². The first-order valence-electron chi connectivity index (χ1n) is 11.3. The highest BCUT2D eigenvalue weighted by Crippen LogP contribution is 2.28. The maximum atomic E-state index is 10.4. The van der Waals surface area contributed by atoms with Crippen molar-refractivity contribution in [2.75, 3.05) is 0 Å². The monoisotopic (exact) mass is 392 g/mol. The summed E-state index contributed by atoms with van der Waals surface area (Å²) in [6.07, 6.45) is 19.3. The second-order valence-electron chi connectivity index (χ2n) is 7.97. The number of unbranched alkanes of at least 4 members (excludes halogenated alkanes) is 14. The van der Waals surface area contributed by atoms with Crippen molar-refractivity contribution in [1.29, 1.82) is 0 Å². The van der Waals surface area contributed by atoms with Crippen LogP contribution in [0.1, 0.15) is 108 Å². The van der Waals surface area contributed by atoms with Gasteiger partial charge in [0, 0.05) is 12.0 Å². The van der Waals surface area contributed by atoms with Gasteiger partial charge < -0.3 is 15.3 Å². The molecule has 160 valence electrons. The van der Waals surface area contributed by atoms with Gasteiger partial charge in [0.05, 0.1) is 0 Å². The molecule has 0 radical (unpaired) electrons. The first-order chi connectivity index (χ1) is 13.6. The van der Waals surface area contributed by atoms with Crippen molar-refractivity contribution in [3.05, 3.63) is 23.8 Å². The Morgan fingerprint density at radius 1 is 0.607 bits per heavy atom. The molecule has 0 atom stereocenters. The van der Waals surface area contributed by atoms with Crippen LogP contribution in [0.25, 0.3) is 0 Å². The molecule has 0 fully saturated rings. The van der Waals surface area contributed by atoms with Gasteiger partial charge in [-0.05, 0) is 31.4 Å². The summed E-state index contributed by atoms with van der Waals surface area (Å²) in [6.45, 7) is 0. The standard InChI is InChI=1S/C24H40O4/c25-22-18-16-19-23(26)21(22)17-14-12-10-8-6-4-2-1-3-5-7-9-11-13-15-20-24(27)28/h16,18-19,25-26H,1-15,17,20H2,(H,27,28). The van der Waals surface area contributed by atoms with Crippen LogP contribution in [0.2, 0.25) is 0 Å². The molecule has 4 nitrogen and oxygen atoms in total. The smallest absolute Gasteiger partial charge is 0.303 e. The molecule has 0 aromatic heterocycles. The average Bonchev–Trinajstić information content (AvgIpc) is 2.66. The number of phenolic OH excluding ortho intramolecular Hbond substituents is 2. The van der Waals surface area contributed by atoms with Gasteiger partial charge >= 0.3 is 5.97 Å². The fourth-order valence-corrected chi connectivity index (χ4v) is 3.70. The number of rotatable bonds is 18. The van der Waals surface area contributed by atoms with E-state index in [2.05, 4.69) is 0 Å². The number of phenols is 2. The van der Waals surface area contributed by atoms with Gasteiger partial charge in [-0.25, -0.2) is 0 Å². The molecular weight excluding hydrogens is 352 g/mol. The Labute approximate surface area is 171 Å². The van der Waals surface area contributed by atoms with Gasteiger partial charge in [0.25, 0.3) is 0 Å². The van der Waals surface area contributed by atoms with Crippen molar-refractivity contribution >= 4 is 5.97 Å². The molecule has 0 unspecified atom stereocenters. The summed E-state index contributed by atoms with van der Waals surface area (Å²) >= 11 is 0. The fraction of sp³-hybridized carbons (Fsp3) is 0.708. The van der Waals surface area contributed by atoms with Crippen LogP contribution in [0, 0.1) is 0 Å². The van der Waals surface area contributed by atoms with E-state index in [0.717, 1.165) is 32.1 Å². The lowest BCUT2D eigenvalue weighted by atomic mass is 10.0. The van der Waals surface area contributed by atoms with Crippen molar-refractivity contribution < 1.29 is 20.1 Å². The number of aliphatic carboxylic acids is 1. The molecule has 1 aromatic carbocycles. The number of aromatic hydroxyl groups is 2. The molecule has 1 rings (SSSR count). The molecule has 0 amide bonds. The first kappa shape index (κ1) is 24.3. The molecule has 0 aliphatic rings. The van der Waals surface area contributed by atoms with Crippen LogP contribution in [-0.4, -0.2) is 21.3 Å². The van der Waals surface area contributed by atoms with Gasteiger partial charge in [0.1, 0.15) is 11.5 Å². The number of carboxylic acid groups (broad SMARTS) is 1. The first-order valence-corrected chi connectivity index (χ1v) is 11.3. The number of hydrogen-bond donors (Lipinski definition) is 3. The van der Waals surface area contributed by atoms with Gasteiger partial charge in [-0.1, -0.05) is 89.5 Å². The Morgan fingerprint density at radius 2 is 0.964 bits per heavy atom. The van der Waals surface area contributed by atoms with E-state index in [-0.39, 0.29) is 11.5 Å². The summed E-state index contributed by atoms with van der Waals surface area (Å²) in [6, 6.07) is 4.94. The van der Waals surface area contributed by atoms with Crippen LogP contribution in [0.5, 0.6) is 11.5 Å². The number of benzene rings is 1.